The molecule has 1 aromatic rings. The van der Waals surface area contributed by atoms with Gasteiger partial charge in [0.15, 0.2) is 0 Å². The molecule has 1 atom stereocenters. The molecule has 2 saturated heterocycles. The Labute approximate surface area is 132 Å². The molecule has 1 aromatic carbocycles. The second-order valence-electron chi connectivity index (χ2n) is 6.79. The zero-order valence-electron chi connectivity index (χ0n) is 13.5. The van der Waals surface area contributed by atoms with Crippen LogP contribution in [0.1, 0.15) is 38.2 Å². The largest absolute Gasteiger partial charge is 0.393 e. The van der Waals surface area contributed by atoms with Gasteiger partial charge in [-0.3, -0.25) is 4.90 Å². The first-order valence-corrected chi connectivity index (χ1v) is 8.58. The second kappa shape index (κ2) is 6.97. The SMILES string of the molecule is CC(O)C1CCN(Cc2c(F)cccc2N2CCCC2)CC1. The van der Waals surface area contributed by atoms with Crippen LogP contribution in [-0.4, -0.2) is 42.3 Å². The lowest BCUT2D eigenvalue weighted by Gasteiger charge is -2.34. The molecule has 0 aromatic heterocycles. The zero-order valence-corrected chi connectivity index (χ0v) is 13.5. The first-order valence-electron chi connectivity index (χ1n) is 8.58. The number of aliphatic hydroxyl groups excluding tert-OH is 1. The summed E-state index contributed by atoms with van der Waals surface area (Å²) in [5.41, 5.74) is 1.93. The van der Waals surface area contributed by atoms with Crippen molar-refractivity contribution in [2.24, 2.45) is 5.92 Å². The van der Waals surface area contributed by atoms with Gasteiger partial charge in [-0.05, 0) is 63.7 Å². The first kappa shape index (κ1) is 15.8. The minimum absolute atomic E-state index is 0.0814. The number of hydrogen-bond acceptors (Lipinski definition) is 3. The van der Waals surface area contributed by atoms with Gasteiger partial charge in [-0.15, -0.1) is 0 Å². The molecule has 2 heterocycles. The molecule has 0 bridgehead atoms. The molecule has 3 rings (SSSR count). The molecule has 3 nitrogen and oxygen atoms in total. The van der Waals surface area contributed by atoms with Crippen LogP contribution >= 0.6 is 0 Å². The molecule has 22 heavy (non-hydrogen) atoms. The van der Waals surface area contributed by atoms with Crippen molar-refractivity contribution in [1.29, 1.82) is 0 Å². The highest BCUT2D eigenvalue weighted by atomic mass is 19.1. The summed E-state index contributed by atoms with van der Waals surface area (Å²) in [6.07, 6.45) is 4.19. The molecule has 0 spiro atoms. The monoisotopic (exact) mass is 306 g/mol. The number of anilines is 1. The fourth-order valence-corrected chi connectivity index (χ4v) is 3.78. The standard InChI is InChI=1S/C18H27FN2O/c1-14(22)15-7-11-20(12-8-15)13-16-17(19)5-4-6-18(16)21-9-2-3-10-21/h4-6,14-15,22H,2-3,7-13H2,1H3. The van der Waals surface area contributed by atoms with E-state index in [1.807, 2.05) is 13.0 Å². The molecule has 0 aliphatic carbocycles. The van der Waals surface area contributed by atoms with Gasteiger partial charge in [0.05, 0.1) is 6.10 Å². The Kier molecular flexibility index (Phi) is 4.99. The molecule has 0 radical (unpaired) electrons. The fraction of sp³-hybridized carbons (Fsp3) is 0.667. The van der Waals surface area contributed by atoms with Crippen LogP contribution in [0.15, 0.2) is 18.2 Å². The van der Waals surface area contributed by atoms with Crippen LogP contribution in [0, 0.1) is 11.7 Å². The molecule has 1 unspecified atom stereocenters. The van der Waals surface area contributed by atoms with E-state index in [-0.39, 0.29) is 11.9 Å². The van der Waals surface area contributed by atoms with Crippen LogP contribution in [0.2, 0.25) is 0 Å². The molecule has 2 aliphatic heterocycles. The van der Waals surface area contributed by atoms with Gasteiger partial charge in [0.2, 0.25) is 0 Å². The molecule has 1 N–H and O–H groups in total. The number of piperidine rings is 1. The van der Waals surface area contributed by atoms with E-state index < -0.39 is 0 Å². The van der Waals surface area contributed by atoms with E-state index in [1.54, 1.807) is 6.07 Å². The van der Waals surface area contributed by atoms with Crippen molar-refractivity contribution in [2.75, 3.05) is 31.1 Å². The normalized spacial score (nSPS) is 22.2. The second-order valence-corrected chi connectivity index (χ2v) is 6.79. The van der Waals surface area contributed by atoms with Crippen molar-refractivity contribution < 1.29 is 9.50 Å². The summed E-state index contributed by atoms with van der Waals surface area (Å²) in [6.45, 7) is 6.54. The summed E-state index contributed by atoms with van der Waals surface area (Å²) in [4.78, 5) is 4.65. The van der Waals surface area contributed by atoms with E-state index in [9.17, 15) is 9.50 Å². The number of likely N-dealkylation sites (tertiary alicyclic amines) is 1. The Balaban J connectivity index is 1.70. The van der Waals surface area contributed by atoms with Crippen molar-refractivity contribution in [3.05, 3.63) is 29.6 Å². The van der Waals surface area contributed by atoms with Gasteiger partial charge in [0.1, 0.15) is 5.82 Å². The van der Waals surface area contributed by atoms with E-state index in [2.05, 4.69) is 15.9 Å². The summed E-state index contributed by atoms with van der Waals surface area (Å²) < 4.78 is 14.4. The summed E-state index contributed by atoms with van der Waals surface area (Å²) >= 11 is 0. The van der Waals surface area contributed by atoms with Crippen LogP contribution in [0.5, 0.6) is 0 Å². The highest BCUT2D eigenvalue weighted by Crippen LogP contribution is 2.29. The molecular formula is C18H27FN2O. The highest BCUT2D eigenvalue weighted by molar-refractivity contribution is 5.54. The van der Waals surface area contributed by atoms with Crippen molar-refractivity contribution in [1.82, 2.24) is 4.90 Å². The van der Waals surface area contributed by atoms with E-state index in [1.165, 1.54) is 12.8 Å². The lowest BCUT2D eigenvalue weighted by molar-refractivity contribution is 0.0692. The number of aliphatic hydroxyl groups is 1. The van der Waals surface area contributed by atoms with E-state index in [0.29, 0.717) is 12.5 Å². The summed E-state index contributed by atoms with van der Waals surface area (Å²) in [5.74, 6) is 0.317. The van der Waals surface area contributed by atoms with Gasteiger partial charge in [-0.2, -0.15) is 0 Å². The van der Waals surface area contributed by atoms with Crippen molar-refractivity contribution in [3.63, 3.8) is 0 Å². The summed E-state index contributed by atoms with van der Waals surface area (Å²) in [6, 6.07) is 5.47. The molecule has 0 saturated carbocycles. The Morgan fingerprint density at radius 2 is 1.86 bits per heavy atom. The minimum Gasteiger partial charge on any atom is -0.393 e. The minimum atomic E-state index is -0.226. The first-order chi connectivity index (χ1) is 10.6. The Morgan fingerprint density at radius 1 is 1.18 bits per heavy atom. The quantitative estimate of drug-likeness (QED) is 0.926. The Morgan fingerprint density at radius 3 is 2.50 bits per heavy atom. The van der Waals surface area contributed by atoms with E-state index in [4.69, 9.17) is 0 Å². The lowest BCUT2D eigenvalue weighted by atomic mass is 9.92. The van der Waals surface area contributed by atoms with Gasteiger partial charge in [-0.25, -0.2) is 4.39 Å². The number of hydrogen-bond donors (Lipinski definition) is 1. The highest BCUT2D eigenvalue weighted by Gasteiger charge is 2.25. The third-order valence-corrected chi connectivity index (χ3v) is 5.24. The maximum atomic E-state index is 14.4. The van der Waals surface area contributed by atoms with Crippen LogP contribution in [-0.2, 0) is 6.54 Å². The Bertz CT molecular complexity index is 492. The van der Waals surface area contributed by atoms with Crippen molar-refractivity contribution in [3.8, 4) is 0 Å². The van der Waals surface area contributed by atoms with Crippen LogP contribution in [0.3, 0.4) is 0 Å². The fourth-order valence-electron chi connectivity index (χ4n) is 3.78. The molecule has 122 valence electrons. The number of nitrogens with zero attached hydrogens (tertiary/aromatic N) is 2. The van der Waals surface area contributed by atoms with Crippen molar-refractivity contribution in [2.45, 2.75) is 45.3 Å². The Hall–Kier alpha value is -1.13. The summed E-state index contributed by atoms with van der Waals surface area (Å²) in [7, 11) is 0. The number of halogens is 1. The van der Waals surface area contributed by atoms with Gasteiger partial charge >= 0.3 is 0 Å². The third kappa shape index (κ3) is 3.44. The molecule has 0 amide bonds. The van der Waals surface area contributed by atoms with Crippen LogP contribution in [0.4, 0.5) is 10.1 Å². The predicted molar refractivity (Wildman–Crippen MR) is 87.5 cm³/mol. The van der Waals surface area contributed by atoms with Crippen molar-refractivity contribution >= 4 is 5.69 Å². The molecule has 4 heteroatoms. The number of benzene rings is 1. The third-order valence-electron chi connectivity index (χ3n) is 5.24. The predicted octanol–water partition coefficient (Wildman–Crippen LogP) is 3.02. The van der Waals surface area contributed by atoms with Gasteiger partial charge in [0.25, 0.3) is 0 Å². The molecule has 2 aliphatic rings. The summed E-state index contributed by atoms with van der Waals surface area (Å²) in [5, 5.41) is 9.70. The van der Waals surface area contributed by atoms with Gasteiger partial charge in [-0.1, -0.05) is 6.07 Å². The maximum absolute atomic E-state index is 14.4. The maximum Gasteiger partial charge on any atom is 0.129 e. The van der Waals surface area contributed by atoms with Gasteiger partial charge in [0, 0.05) is 30.9 Å². The van der Waals surface area contributed by atoms with E-state index in [0.717, 1.165) is 50.3 Å². The van der Waals surface area contributed by atoms with E-state index >= 15 is 0 Å². The topological polar surface area (TPSA) is 26.7 Å². The lowest BCUT2D eigenvalue weighted by Crippen LogP contribution is -2.37. The van der Waals surface area contributed by atoms with Gasteiger partial charge < -0.3 is 10.0 Å². The molecular weight excluding hydrogens is 279 g/mol. The molecule has 2 fully saturated rings. The smallest absolute Gasteiger partial charge is 0.129 e. The number of rotatable bonds is 4. The van der Waals surface area contributed by atoms with Crippen LogP contribution < -0.4 is 4.90 Å². The average Bonchev–Trinajstić information content (AvgIpc) is 3.04. The van der Waals surface area contributed by atoms with Crippen LogP contribution in [0.25, 0.3) is 0 Å². The average molecular weight is 306 g/mol. The zero-order chi connectivity index (χ0) is 15.5.